The van der Waals surface area contributed by atoms with Gasteiger partial charge in [-0.2, -0.15) is 0 Å². The molecule has 1 atom stereocenters. The molecule has 0 spiro atoms. The van der Waals surface area contributed by atoms with E-state index in [9.17, 15) is 9.18 Å². The molecular formula is C18H29FN4O2. The van der Waals surface area contributed by atoms with Crippen LogP contribution < -0.4 is 5.32 Å². The summed E-state index contributed by atoms with van der Waals surface area (Å²) in [5.74, 6) is -0.292. The van der Waals surface area contributed by atoms with E-state index in [1.807, 2.05) is 0 Å². The molecular weight excluding hydrogens is 323 g/mol. The van der Waals surface area contributed by atoms with Crippen molar-refractivity contribution in [2.75, 3.05) is 53.4 Å². The third-order valence-corrected chi connectivity index (χ3v) is 4.63. The lowest BCUT2D eigenvalue weighted by Gasteiger charge is -2.38. The lowest BCUT2D eigenvalue weighted by molar-refractivity contribution is 0.112. The number of likely N-dealkylation sites (N-methyl/N-ethyl adjacent to an activating group) is 2. The molecule has 7 heteroatoms. The van der Waals surface area contributed by atoms with E-state index < -0.39 is 0 Å². The summed E-state index contributed by atoms with van der Waals surface area (Å²) in [6.45, 7) is 4.41. The second-order valence-corrected chi connectivity index (χ2v) is 6.71. The third kappa shape index (κ3) is 6.26. The van der Waals surface area contributed by atoms with Crippen LogP contribution in [0.2, 0.25) is 0 Å². The maximum Gasteiger partial charge on any atom is 0.317 e. The largest absolute Gasteiger partial charge is 0.396 e. The van der Waals surface area contributed by atoms with E-state index in [-0.39, 0.29) is 24.5 Å². The van der Waals surface area contributed by atoms with E-state index in [0.29, 0.717) is 26.1 Å². The van der Waals surface area contributed by atoms with Gasteiger partial charge in [0.15, 0.2) is 0 Å². The summed E-state index contributed by atoms with van der Waals surface area (Å²) in [5, 5.41) is 12.1. The van der Waals surface area contributed by atoms with Crippen LogP contribution in [0.25, 0.3) is 0 Å². The molecule has 140 valence electrons. The Morgan fingerprint density at radius 2 is 2.04 bits per heavy atom. The van der Waals surface area contributed by atoms with Crippen molar-refractivity contribution in [1.82, 2.24) is 20.0 Å². The smallest absolute Gasteiger partial charge is 0.317 e. The van der Waals surface area contributed by atoms with Gasteiger partial charge < -0.3 is 20.2 Å². The predicted molar refractivity (Wildman–Crippen MR) is 95.8 cm³/mol. The minimum Gasteiger partial charge on any atom is -0.396 e. The summed E-state index contributed by atoms with van der Waals surface area (Å²) >= 11 is 0. The Balaban J connectivity index is 1.91. The maximum absolute atomic E-state index is 13.0. The first-order chi connectivity index (χ1) is 12.0. The maximum atomic E-state index is 13.0. The van der Waals surface area contributed by atoms with Gasteiger partial charge in [0, 0.05) is 51.9 Å². The zero-order chi connectivity index (χ0) is 18.2. The fraction of sp³-hybridized carbons (Fsp3) is 0.611. The number of halogens is 1. The van der Waals surface area contributed by atoms with Crippen molar-refractivity contribution in [1.29, 1.82) is 0 Å². The summed E-state index contributed by atoms with van der Waals surface area (Å²) in [7, 11) is 4.16. The van der Waals surface area contributed by atoms with Gasteiger partial charge in [0.1, 0.15) is 5.82 Å². The van der Waals surface area contributed by atoms with Gasteiger partial charge >= 0.3 is 6.03 Å². The van der Waals surface area contributed by atoms with Crippen molar-refractivity contribution < 1.29 is 14.3 Å². The van der Waals surface area contributed by atoms with Gasteiger partial charge in [-0.1, -0.05) is 12.1 Å². The molecule has 1 saturated heterocycles. The van der Waals surface area contributed by atoms with Crippen molar-refractivity contribution in [3.63, 3.8) is 0 Å². The molecule has 1 fully saturated rings. The molecule has 25 heavy (non-hydrogen) atoms. The van der Waals surface area contributed by atoms with E-state index in [4.69, 9.17) is 5.11 Å². The number of amides is 2. The molecule has 0 bridgehead atoms. The van der Waals surface area contributed by atoms with E-state index in [1.165, 1.54) is 12.1 Å². The second kappa shape index (κ2) is 9.70. The lowest BCUT2D eigenvalue weighted by Crippen LogP contribution is -2.55. The molecule has 0 saturated carbocycles. The third-order valence-electron chi connectivity index (χ3n) is 4.63. The summed E-state index contributed by atoms with van der Waals surface area (Å²) in [4.78, 5) is 18.8. The highest BCUT2D eigenvalue weighted by Crippen LogP contribution is 2.09. The molecule has 1 aromatic rings. The molecule has 1 aromatic carbocycles. The average molecular weight is 352 g/mol. The molecule has 6 nitrogen and oxygen atoms in total. The molecule has 1 aliphatic rings. The number of hydrogen-bond acceptors (Lipinski definition) is 4. The second-order valence-electron chi connectivity index (χ2n) is 6.71. The number of rotatable bonds is 7. The standard InChI is InChI=1S/C18H29FN4O2/c1-21-9-10-22(2)17(14-21)12-20-18(25)23(8-3-11-24)13-15-4-6-16(19)7-5-15/h4-7,17,24H,3,8-14H2,1-2H3,(H,20,25). The van der Waals surface area contributed by atoms with Crippen molar-refractivity contribution in [2.45, 2.75) is 19.0 Å². The molecule has 1 heterocycles. The van der Waals surface area contributed by atoms with Crippen LogP contribution in [0, 0.1) is 5.82 Å². The highest BCUT2D eigenvalue weighted by atomic mass is 19.1. The number of nitrogens with zero attached hydrogens (tertiary/aromatic N) is 3. The fourth-order valence-electron chi connectivity index (χ4n) is 2.96. The normalized spacial score (nSPS) is 19.0. The number of aliphatic hydroxyl groups is 1. The van der Waals surface area contributed by atoms with Crippen molar-refractivity contribution in [3.8, 4) is 0 Å². The van der Waals surface area contributed by atoms with Crippen LogP contribution in [0.4, 0.5) is 9.18 Å². The number of piperazine rings is 1. The van der Waals surface area contributed by atoms with Gasteiger partial charge in [-0.15, -0.1) is 0 Å². The van der Waals surface area contributed by atoms with E-state index in [0.717, 1.165) is 25.2 Å². The Morgan fingerprint density at radius 3 is 2.72 bits per heavy atom. The van der Waals surface area contributed by atoms with Crippen LogP contribution in [-0.4, -0.2) is 85.3 Å². The van der Waals surface area contributed by atoms with E-state index in [2.05, 4.69) is 29.2 Å². The molecule has 1 aliphatic heterocycles. The molecule has 0 aliphatic carbocycles. The fourth-order valence-corrected chi connectivity index (χ4v) is 2.96. The van der Waals surface area contributed by atoms with Gasteiger partial charge in [0.25, 0.3) is 0 Å². The first kappa shape index (κ1) is 19.6. The molecule has 1 unspecified atom stereocenters. The summed E-state index contributed by atoms with van der Waals surface area (Å²) in [5.41, 5.74) is 0.865. The van der Waals surface area contributed by atoms with Gasteiger partial charge in [-0.05, 0) is 38.2 Å². The Hall–Kier alpha value is -1.70. The monoisotopic (exact) mass is 352 g/mol. The minimum absolute atomic E-state index is 0.0311. The SMILES string of the molecule is CN1CCN(C)C(CNC(=O)N(CCCO)Cc2ccc(F)cc2)C1. The van der Waals surface area contributed by atoms with Gasteiger partial charge in [0.2, 0.25) is 0 Å². The average Bonchev–Trinajstić information content (AvgIpc) is 2.60. The molecule has 2 N–H and O–H groups in total. The lowest BCUT2D eigenvalue weighted by atomic mass is 10.2. The van der Waals surface area contributed by atoms with Crippen LogP contribution >= 0.6 is 0 Å². The highest BCUT2D eigenvalue weighted by molar-refractivity contribution is 5.74. The minimum atomic E-state index is -0.292. The van der Waals surface area contributed by atoms with E-state index >= 15 is 0 Å². The number of nitrogens with one attached hydrogen (secondary N) is 1. The number of hydrogen-bond donors (Lipinski definition) is 2. The van der Waals surface area contributed by atoms with Crippen LogP contribution in [0.1, 0.15) is 12.0 Å². The first-order valence-electron chi connectivity index (χ1n) is 8.76. The molecule has 2 amide bonds. The molecule has 0 aromatic heterocycles. The Morgan fingerprint density at radius 1 is 1.32 bits per heavy atom. The highest BCUT2D eigenvalue weighted by Gasteiger charge is 2.23. The van der Waals surface area contributed by atoms with Gasteiger partial charge in [-0.3, -0.25) is 4.90 Å². The van der Waals surface area contributed by atoms with Crippen molar-refractivity contribution >= 4 is 6.03 Å². The van der Waals surface area contributed by atoms with Crippen molar-refractivity contribution in [3.05, 3.63) is 35.6 Å². The van der Waals surface area contributed by atoms with Crippen LogP contribution in [0.3, 0.4) is 0 Å². The van der Waals surface area contributed by atoms with Crippen LogP contribution in [-0.2, 0) is 6.54 Å². The Kier molecular flexibility index (Phi) is 7.61. The number of aliphatic hydroxyl groups excluding tert-OH is 1. The molecule has 0 radical (unpaired) electrons. The number of carbonyl (C=O) groups excluding carboxylic acids is 1. The number of benzene rings is 1. The molecule has 2 rings (SSSR count). The summed E-state index contributed by atoms with van der Waals surface area (Å²) < 4.78 is 13.0. The summed E-state index contributed by atoms with van der Waals surface area (Å²) in [6.07, 6.45) is 0.515. The predicted octanol–water partition coefficient (Wildman–Crippen LogP) is 0.966. The zero-order valence-electron chi connectivity index (χ0n) is 15.1. The van der Waals surface area contributed by atoms with Gasteiger partial charge in [0.05, 0.1) is 0 Å². The van der Waals surface area contributed by atoms with Crippen molar-refractivity contribution in [2.24, 2.45) is 0 Å². The van der Waals surface area contributed by atoms with Crippen LogP contribution in [0.5, 0.6) is 0 Å². The first-order valence-corrected chi connectivity index (χ1v) is 8.76. The summed E-state index contributed by atoms with van der Waals surface area (Å²) in [6, 6.07) is 6.28. The van der Waals surface area contributed by atoms with Gasteiger partial charge in [-0.25, -0.2) is 9.18 Å². The van der Waals surface area contributed by atoms with Crippen LogP contribution in [0.15, 0.2) is 24.3 Å². The zero-order valence-corrected chi connectivity index (χ0v) is 15.1. The Bertz CT molecular complexity index is 540. The van der Waals surface area contributed by atoms with E-state index in [1.54, 1.807) is 17.0 Å². The number of carbonyl (C=O) groups is 1. The Labute approximate surface area is 149 Å². The number of urea groups is 1. The topological polar surface area (TPSA) is 59.0 Å². The quantitative estimate of drug-likeness (QED) is 0.768.